The Morgan fingerprint density at radius 2 is 1.84 bits per heavy atom. The highest BCUT2D eigenvalue weighted by molar-refractivity contribution is 7.99. The number of hydrogen-bond donors (Lipinski definition) is 1. The molecule has 4 heteroatoms. The van der Waals surface area contributed by atoms with Crippen LogP contribution in [0.1, 0.15) is 38.5 Å². The second-order valence-electron chi connectivity index (χ2n) is 6.58. The summed E-state index contributed by atoms with van der Waals surface area (Å²) >= 11 is 2.09. The molecule has 0 aromatic heterocycles. The van der Waals surface area contributed by atoms with Crippen LogP contribution in [0.4, 0.5) is 0 Å². The SMILES string of the molecule is CN1CCC(NC2CCOC3(CCSCC3)C2)CC1. The number of ether oxygens (including phenoxy) is 1. The summed E-state index contributed by atoms with van der Waals surface area (Å²) in [4.78, 5) is 2.45. The Balaban J connectivity index is 1.50. The Labute approximate surface area is 121 Å². The number of rotatable bonds is 2. The highest BCUT2D eigenvalue weighted by Crippen LogP contribution is 2.37. The maximum absolute atomic E-state index is 6.18. The summed E-state index contributed by atoms with van der Waals surface area (Å²) in [5.74, 6) is 2.59. The summed E-state index contributed by atoms with van der Waals surface area (Å²) in [6.45, 7) is 3.47. The van der Waals surface area contributed by atoms with E-state index in [0.717, 1.165) is 12.6 Å². The van der Waals surface area contributed by atoms with Gasteiger partial charge in [0.15, 0.2) is 0 Å². The Morgan fingerprint density at radius 1 is 1.11 bits per heavy atom. The average molecular weight is 284 g/mol. The van der Waals surface area contributed by atoms with Gasteiger partial charge in [0, 0.05) is 18.7 Å². The van der Waals surface area contributed by atoms with E-state index in [2.05, 4.69) is 29.0 Å². The Morgan fingerprint density at radius 3 is 2.58 bits per heavy atom. The molecule has 3 heterocycles. The number of hydrogen-bond acceptors (Lipinski definition) is 4. The summed E-state index contributed by atoms with van der Waals surface area (Å²) in [5.41, 5.74) is 0.229. The lowest BCUT2D eigenvalue weighted by Crippen LogP contribution is -2.52. The van der Waals surface area contributed by atoms with Gasteiger partial charge < -0.3 is 15.0 Å². The lowest BCUT2D eigenvalue weighted by atomic mass is 9.85. The number of piperidine rings is 1. The van der Waals surface area contributed by atoms with Crippen LogP contribution in [0.3, 0.4) is 0 Å². The molecule has 3 nitrogen and oxygen atoms in total. The molecule has 19 heavy (non-hydrogen) atoms. The number of thioether (sulfide) groups is 1. The van der Waals surface area contributed by atoms with E-state index in [1.54, 1.807) is 0 Å². The molecule has 0 bridgehead atoms. The molecular formula is C15H28N2OS. The Kier molecular flexibility index (Phi) is 4.73. The lowest BCUT2D eigenvalue weighted by Gasteiger charge is -2.45. The first-order valence-corrected chi connectivity index (χ1v) is 9.08. The molecule has 1 unspecified atom stereocenters. The van der Waals surface area contributed by atoms with Gasteiger partial charge in [-0.3, -0.25) is 0 Å². The van der Waals surface area contributed by atoms with E-state index in [4.69, 9.17) is 4.74 Å². The van der Waals surface area contributed by atoms with Crippen molar-refractivity contribution in [3.8, 4) is 0 Å². The minimum absolute atomic E-state index is 0.229. The topological polar surface area (TPSA) is 24.5 Å². The van der Waals surface area contributed by atoms with Crippen LogP contribution < -0.4 is 5.32 Å². The van der Waals surface area contributed by atoms with Gasteiger partial charge in [-0.15, -0.1) is 0 Å². The van der Waals surface area contributed by atoms with Gasteiger partial charge in [0.2, 0.25) is 0 Å². The van der Waals surface area contributed by atoms with Crippen molar-refractivity contribution < 1.29 is 4.74 Å². The molecule has 1 atom stereocenters. The fourth-order valence-corrected chi connectivity index (χ4v) is 5.01. The van der Waals surface area contributed by atoms with Gasteiger partial charge in [-0.1, -0.05) is 0 Å². The van der Waals surface area contributed by atoms with E-state index in [0.29, 0.717) is 6.04 Å². The molecular weight excluding hydrogens is 256 g/mol. The van der Waals surface area contributed by atoms with Crippen molar-refractivity contribution in [1.29, 1.82) is 0 Å². The first kappa shape index (κ1) is 14.2. The van der Waals surface area contributed by atoms with Crippen molar-refractivity contribution >= 4 is 11.8 Å². The second-order valence-corrected chi connectivity index (χ2v) is 7.80. The molecule has 3 saturated heterocycles. The average Bonchev–Trinajstić information content (AvgIpc) is 2.42. The van der Waals surface area contributed by atoms with E-state index in [1.807, 2.05) is 0 Å². The van der Waals surface area contributed by atoms with Crippen molar-refractivity contribution in [2.24, 2.45) is 0 Å². The Bertz CT molecular complexity index is 280. The van der Waals surface area contributed by atoms with Crippen molar-refractivity contribution in [1.82, 2.24) is 10.2 Å². The molecule has 3 fully saturated rings. The zero-order valence-electron chi connectivity index (χ0n) is 12.2. The third-order valence-electron chi connectivity index (χ3n) is 5.09. The zero-order valence-corrected chi connectivity index (χ0v) is 13.0. The van der Waals surface area contributed by atoms with Crippen molar-refractivity contribution in [3.05, 3.63) is 0 Å². The van der Waals surface area contributed by atoms with Crippen molar-refractivity contribution in [2.45, 2.75) is 56.2 Å². The first-order valence-electron chi connectivity index (χ1n) is 7.92. The van der Waals surface area contributed by atoms with Crippen LogP contribution >= 0.6 is 11.8 Å². The van der Waals surface area contributed by atoms with Crippen LogP contribution in [0, 0.1) is 0 Å². The van der Waals surface area contributed by atoms with Crippen LogP contribution in [-0.2, 0) is 4.74 Å². The molecule has 3 rings (SSSR count). The van der Waals surface area contributed by atoms with Gasteiger partial charge in [0.05, 0.1) is 5.60 Å². The normalized spacial score (nSPS) is 33.6. The summed E-state index contributed by atoms with van der Waals surface area (Å²) in [7, 11) is 2.24. The number of nitrogens with zero attached hydrogens (tertiary/aromatic N) is 1. The molecule has 1 N–H and O–H groups in total. The van der Waals surface area contributed by atoms with E-state index in [-0.39, 0.29) is 5.60 Å². The third kappa shape index (κ3) is 3.66. The Hall–Kier alpha value is 0.230. The maximum Gasteiger partial charge on any atom is 0.0713 e. The van der Waals surface area contributed by atoms with E-state index in [1.165, 1.54) is 63.1 Å². The second kappa shape index (κ2) is 6.33. The molecule has 0 saturated carbocycles. The fraction of sp³-hybridized carbons (Fsp3) is 1.00. The molecule has 3 aliphatic rings. The largest absolute Gasteiger partial charge is 0.375 e. The summed E-state index contributed by atoms with van der Waals surface area (Å²) in [5, 5.41) is 3.94. The van der Waals surface area contributed by atoms with Crippen LogP contribution in [-0.4, -0.2) is 60.8 Å². The summed E-state index contributed by atoms with van der Waals surface area (Å²) in [6.07, 6.45) is 7.63. The van der Waals surface area contributed by atoms with Gasteiger partial charge in [-0.25, -0.2) is 0 Å². The maximum atomic E-state index is 6.18. The smallest absolute Gasteiger partial charge is 0.0713 e. The summed E-state index contributed by atoms with van der Waals surface area (Å²) < 4.78 is 6.18. The predicted octanol–water partition coefficient (Wildman–Crippen LogP) is 2.11. The standard InChI is InChI=1S/C15H28N2OS/c1-17-7-2-13(3-8-17)16-14-4-9-18-15(12-14)5-10-19-11-6-15/h13-14,16H,2-12H2,1H3. The van der Waals surface area contributed by atoms with Crippen LogP contribution in [0.5, 0.6) is 0 Å². The molecule has 1 spiro atoms. The van der Waals surface area contributed by atoms with Crippen LogP contribution in [0.15, 0.2) is 0 Å². The zero-order chi connectivity index (χ0) is 13.1. The molecule has 110 valence electrons. The van der Waals surface area contributed by atoms with E-state index < -0.39 is 0 Å². The van der Waals surface area contributed by atoms with Crippen molar-refractivity contribution in [3.63, 3.8) is 0 Å². The van der Waals surface area contributed by atoms with Gasteiger partial charge in [0.1, 0.15) is 0 Å². The molecule has 0 radical (unpaired) electrons. The van der Waals surface area contributed by atoms with Crippen LogP contribution in [0.25, 0.3) is 0 Å². The van der Waals surface area contributed by atoms with E-state index in [9.17, 15) is 0 Å². The quantitative estimate of drug-likeness (QED) is 0.839. The molecule has 0 aromatic carbocycles. The van der Waals surface area contributed by atoms with Gasteiger partial charge in [0.25, 0.3) is 0 Å². The molecule has 0 aliphatic carbocycles. The van der Waals surface area contributed by atoms with Crippen molar-refractivity contribution in [2.75, 3.05) is 38.2 Å². The summed E-state index contributed by atoms with van der Waals surface area (Å²) in [6, 6.07) is 1.44. The molecule has 0 amide bonds. The van der Waals surface area contributed by atoms with E-state index >= 15 is 0 Å². The fourth-order valence-electron chi connectivity index (χ4n) is 3.77. The minimum Gasteiger partial charge on any atom is -0.375 e. The van der Waals surface area contributed by atoms with Gasteiger partial charge in [-0.2, -0.15) is 11.8 Å². The highest BCUT2D eigenvalue weighted by atomic mass is 32.2. The van der Waals surface area contributed by atoms with Crippen LogP contribution in [0.2, 0.25) is 0 Å². The monoisotopic (exact) mass is 284 g/mol. The molecule has 3 aliphatic heterocycles. The third-order valence-corrected chi connectivity index (χ3v) is 6.07. The highest BCUT2D eigenvalue weighted by Gasteiger charge is 2.39. The first-order chi connectivity index (χ1) is 9.26. The van der Waals surface area contributed by atoms with Gasteiger partial charge >= 0.3 is 0 Å². The lowest BCUT2D eigenvalue weighted by molar-refractivity contribution is -0.0947. The number of nitrogens with one attached hydrogen (secondary N) is 1. The van der Waals surface area contributed by atoms with Gasteiger partial charge in [-0.05, 0) is 70.2 Å². The molecule has 0 aromatic rings. The number of likely N-dealkylation sites (tertiary alicyclic amines) is 1. The minimum atomic E-state index is 0.229. The predicted molar refractivity (Wildman–Crippen MR) is 81.9 cm³/mol.